The van der Waals surface area contributed by atoms with Gasteiger partial charge in [-0.3, -0.25) is 4.79 Å². The van der Waals surface area contributed by atoms with Crippen molar-refractivity contribution in [1.29, 1.82) is 0 Å². The molecular formula is C13H17BrF2N2O3S. The van der Waals surface area contributed by atoms with E-state index < -0.39 is 52.2 Å². The van der Waals surface area contributed by atoms with Gasteiger partial charge < -0.3 is 9.66 Å². The van der Waals surface area contributed by atoms with E-state index in [0.29, 0.717) is 0 Å². The van der Waals surface area contributed by atoms with E-state index in [4.69, 9.17) is 5.11 Å². The molecule has 1 heterocycles. The Hall–Kier alpha value is -0.770. The summed E-state index contributed by atoms with van der Waals surface area (Å²) in [4.78, 5) is 15.0. The number of nitrogens with zero attached hydrogens (tertiary/aromatic N) is 1. The first kappa shape index (κ1) is 19.3. The predicted octanol–water partition coefficient (Wildman–Crippen LogP) is 2.67. The molecule has 2 unspecified atom stereocenters. The standard InChI is InChI=1S/C13H17BrF2N2O3S/c1-12(2,3)22(21)18-13(7-15,6-10(19)20)11-8(16)4-5-9(14)17-11/h4-5,18H,6-7H2,1-3H3,(H,19,20). The van der Waals surface area contributed by atoms with E-state index in [-0.39, 0.29) is 4.60 Å². The summed E-state index contributed by atoms with van der Waals surface area (Å²) in [6.07, 6.45) is -0.800. The Labute approximate surface area is 139 Å². The number of nitrogens with one attached hydrogen (secondary N) is 1. The first-order valence-corrected chi connectivity index (χ1v) is 8.26. The van der Waals surface area contributed by atoms with Crippen molar-refractivity contribution >= 4 is 33.3 Å². The summed E-state index contributed by atoms with van der Waals surface area (Å²) >= 11 is 1.22. The second-order valence-electron chi connectivity index (χ2n) is 5.73. The zero-order valence-electron chi connectivity index (χ0n) is 12.3. The number of hydrogen-bond acceptors (Lipinski definition) is 4. The minimum atomic E-state index is -2.02. The first-order valence-electron chi connectivity index (χ1n) is 6.32. The summed E-state index contributed by atoms with van der Waals surface area (Å²) in [7, 11) is 0. The lowest BCUT2D eigenvalue weighted by molar-refractivity contribution is -0.139. The molecule has 0 radical (unpaired) electrons. The number of carbonyl (C=O) groups is 1. The van der Waals surface area contributed by atoms with E-state index in [9.17, 15) is 18.1 Å². The number of carboxylic acid groups (broad SMARTS) is 1. The quantitative estimate of drug-likeness (QED) is 0.568. The zero-order chi connectivity index (χ0) is 17.1. The van der Waals surface area contributed by atoms with Crippen LogP contribution in [0.25, 0.3) is 0 Å². The summed E-state index contributed by atoms with van der Waals surface area (Å²) < 4.78 is 41.9. The topological polar surface area (TPSA) is 85.3 Å². The monoisotopic (exact) mass is 398 g/mol. The Morgan fingerprint density at radius 1 is 1.50 bits per heavy atom. The summed E-state index contributed by atoms with van der Waals surface area (Å²) in [6, 6.07) is 2.35. The Morgan fingerprint density at radius 3 is 2.55 bits per heavy atom. The molecule has 1 rings (SSSR count). The van der Waals surface area contributed by atoms with Crippen molar-refractivity contribution in [1.82, 2.24) is 9.71 Å². The third kappa shape index (κ3) is 4.61. The Morgan fingerprint density at radius 2 is 2.09 bits per heavy atom. The molecule has 0 aliphatic heterocycles. The van der Waals surface area contributed by atoms with Gasteiger partial charge in [-0.15, -0.1) is 4.72 Å². The van der Waals surface area contributed by atoms with Crippen LogP contribution in [0.4, 0.5) is 8.78 Å². The molecule has 22 heavy (non-hydrogen) atoms. The third-order valence-electron chi connectivity index (χ3n) is 2.79. The molecule has 0 saturated heterocycles. The smallest absolute Gasteiger partial charge is 0.305 e. The molecule has 2 atom stereocenters. The first-order chi connectivity index (χ1) is 10.0. The van der Waals surface area contributed by atoms with Crippen LogP contribution in [-0.4, -0.2) is 32.0 Å². The number of carboxylic acids is 1. The summed E-state index contributed by atoms with van der Waals surface area (Å²) in [5, 5.41) is 9.05. The van der Waals surface area contributed by atoms with Gasteiger partial charge in [0.1, 0.15) is 33.1 Å². The van der Waals surface area contributed by atoms with Gasteiger partial charge in [0.15, 0.2) is 0 Å². The van der Waals surface area contributed by atoms with E-state index in [1.807, 2.05) is 0 Å². The van der Waals surface area contributed by atoms with Crippen molar-refractivity contribution in [2.75, 3.05) is 6.67 Å². The van der Waals surface area contributed by atoms with Crippen LogP contribution in [0.1, 0.15) is 32.9 Å². The highest BCUT2D eigenvalue weighted by atomic mass is 79.9. The molecule has 0 aliphatic carbocycles. The van der Waals surface area contributed by atoms with Crippen LogP contribution >= 0.6 is 15.9 Å². The van der Waals surface area contributed by atoms with Crippen LogP contribution in [0.5, 0.6) is 0 Å². The molecule has 0 saturated carbocycles. The largest absolute Gasteiger partial charge is 0.598 e. The third-order valence-corrected chi connectivity index (χ3v) is 4.92. The number of pyridine rings is 1. The van der Waals surface area contributed by atoms with Crippen molar-refractivity contribution in [3.05, 3.63) is 28.2 Å². The number of aliphatic carboxylic acids is 1. The van der Waals surface area contributed by atoms with E-state index in [0.717, 1.165) is 6.07 Å². The fourth-order valence-electron chi connectivity index (χ4n) is 1.65. The number of hydrogen-bond donors (Lipinski definition) is 2. The normalized spacial score (nSPS) is 16.1. The molecule has 0 amide bonds. The SMILES string of the molecule is CC(C)(C)[S+]([O-])NC(CF)(CC(=O)O)c1nc(Br)ccc1F. The van der Waals surface area contributed by atoms with E-state index in [2.05, 4.69) is 25.6 Å². The van der Waals surface area contributed by atoms with Crippen LogP contribution in [0.2, 0.25) is 0 Å². The molecule has 1 aromatic heterocycles. The van der Waals surface area contributed by atoms with Gasteiger partial charge in [0.25, 0.3) is 0 Å². The molecule has 0 bridgehead atoms. The lowest BCUT2D eigenvalue weighted by atomic mass is 9.93. The Kier molecular flexibility index (Phi) is 6.31. The van der Waals surface area contributed by atoms with Gasteiger partial charge in [-0.1, -0.05) is 0 Å². The molecule has 2 N–H and O–H groups in total. The van der Waals surface area contributed by atoms with Crippen molar-refractivity contribution in [3.63, 3.8) is 0 Å². The van der Waals surface area contributed by atoms with Gasteiger partial charge in [0, 0.05) is 11.4 Å². The highest BCUT2D eigenvalue weighted by Gasteiger charge is 2.45. The maximum atomic E-state index is 14.1. The lowest BCUT2D eigenvalue weighted by Gasteiger charge is -2.34. The second-order valence-corrected chi connectivity index (χ2v) is 8.51. The number of halogens is 3. The van der Waals surface area contributed by atoms with Crippen molar-refractivity contribution in [2.24, 2.45) is 0 Å². The molecule has 124 valence electrons. The highest BCUT2D eigenvalue weighted by molar-refractivity contribution is 9.10. The fourth-order valence-corrected chi connectivity index (χ4v) is 2.84. The van der Waals surface area contributed by atoms with Gasteiger partial charge in [-0.05, 0) is 48.8 Å². The van der Waals surface area contributed by atoms with Crippen LogP contribution in [0.15, 0.2) is 16.7 Å². The van der Waals surface area contributed by atoms with E-state index >= 15 is 0 Å². The number of alkyl halides is 1. The van der Waals surface area contributed by atoms with Crippen molar-refractivity contribution in [2.45, 2.75) is 37.5 Å². The van der Waals surface area contributed by atoms with Gasteiger partial charge in [0.2, 0.25) is 0 Å². The van der Waals surface area contributed by atoms with Crippen LogP contribution in [-0.2, 0) is 21.7 Å². The molecule has 0 aromatic carbocycles. The van der Waals surface area contributed by atoms with Crippen LogP contribution in [0.3, 0.4) is 0 Å². The van der Waals surface area contributed by atoms with Crippen LogP contribution in [0, 0.1) is 5.82 Å². The summed E-state index contributed by atoms with van der Waals surface area (Å²) in [6.45, 7) is 3.61. The van der Waals surface area contributed by atoms with Gasteiger partial charge >= 0.3 is 5.97 Å². The second kappa shape index (κ2) is 7.20. The molecule has 9 heteroatoms. The minimum absolute atomic E-state index is 0.218. The Balaban J connectivity index is 3.38. The maximum Gasteiger partial charge on any atom is 0.305 e. The minimum Gasteiger partial charge on any atom is -0.598 e. The van der Waals surface area contributed by atoms with Gasteiger partial charge in [-0.25, -0.2) is 13.8 Å². The average Bonchev–Trinajstić information content (AvgIpc) is 2.39. The Bertz CT molecular complexity index is 557. The molecule has 5 nitrogen and oxygen atoms in total. The van der Waals surface area contributed by atoms with Gasteiger partial charge in [-0.2, -0.15) is 0 Å². The molecule has 1 aromatic rings. The molecule has 0 aliphatic rings. The van der Waals surface area contributed by atoms with E-state index in [1.54, 1.807) is 20.8 Å². The fraction of sp³-hybridized carbons (Fsp3) is 0.538. The average molecular weight is 399 g/mol. The van der Waals surface area contributed by atoms with Crippen molar-refractivity contribution in [3.8, 4) is 0 Å². The predicted molar refractivity (Wildman–Crippen MR) is 82.8 cm³/mol. The molecule has 0 fully saturated rings. The van der Waals surface area contributed by atoms with Crippen molar-refractivity contribution < 1.29 is 23.2 Å². The summed E-state index contributed by atoms with van der Waals surface area (Å²) in [5.41, 5.74) is -2.44. The number of aromatic nitrogens is 1. The molecule has 0 spiro atoms. The van der Waals surface area contributed by atoms with E-state index in [1.165, 1.54) is 6.07 Å². The molecular weight excluding hydrogens is 382 g/mol. The van der Waals surface area contributed by atoms with Gasteiger partial charge in [0.05, 0.1) is 6.42 Å². The summed E-state index contributed by atoms with van der Waals surface area (Å²) in [5.74, 6) is -2.24. The van der Waals surface area contributed by atoms with Crippen LogP contribution < -0.4 is 4.72 Å². The zero-order valence-corrected chi connectivity index (χ0v) is 14.7. The highest BCUT2D eigenvalue weighted by Crippen LogP contribution is 2.31. The maximum absolute atomic E-state index is 14.1. The lowest BCUT2D eigenvalue weighted by Crippen LogP contribution is -2.54. The number of rotatable bonds is 6.